The Morgan fingerprint density at radius 3 is 2.80 bits per heavy atom. The highest BCUT2D eigenvalue weighted by Crippen LogP contribution is 2.31. The Morgan fingerprint density at radius 2 is 2.10 bits per heavy atom. The fraction of sp³-hybridized carbons (Fsp3) is 0.438. The van der Waals surface area contributed by atoms with Crippen molar-refractivity contribution in [2.24, 2.45) is 0 Å². The van der Waals surface area contributed by atoms with E-state index >= 15 is 0 Å². The second kappa shape index (κ2) is 6.95. The van der Waals surface area contributed by atoms with Gasteiger partial charge in [0.05, 0.1) is 5.69 Å². The maximum Gasteiger partial charge on any atom is 0.133 e. The molecule has 4 heteroatoms. The van der Waals surface area contributed by atoms with Crippen LogP contribution in [0, 0.1) is 12.7 Å². The van der Waals surface area contributed by atoms with Gasteiger partial charge >= 0.3 is 0 Å². The Balaban J connectivity index is 2.30. The van der Waals surface area contributed by atoms with Crippen molar-refractivity contribution in [1.82, 2.24) is 10.3 Å². The quantitative estimate of drug-likeness (QED) is 0.802. The van der Waals surface area contributed by atoms with E-state index in [-0.39, 0.29) is 5.82 Å². The topological polar surface area (TPSA) is 24.9 Å². The zero-order valence-electron chi connectivity index (χ0n) is 12.3. The maximum atomic E-state index is 14.0. The van der Waals surface area contributed by atoms with Crippen molar-refractivity contribution in [3.8, 4) is 10.6 Å². The number of aryl methyl sites for hydroxylation is 2. The first-order chi connectivity index (χ1) is 9.65. The number of nitrogens with one attached hydrogen (secondary N) is 1. The van der Waals surface area contributed by atoms with Crippen LogP contribution in [0.15, 0.2) is 18.2 Å². The van der Waals surface area contributed by atoms with E-state index in [1.165, 1.54) is 10.9 Å². The van der Waals surface area contributed by atoms with Gasteiger partial charge in [-0.1, -0.05) is 25.5 Å². The number of nitrogens with zero attached hydrogens (tertiary/aromatic N) is 1. The number of aromatic nitrogens is 1. The predicted molar refractivity (Wildman–Crippen MR) is 83.6 cm³/mol. The molecule has 0 aliphatic heterocycles. The normalized spacial score (nSPS) is 11.0. The molecule has 20 heavy (non-hydrogen) atoms. The van der Waals surface area contributed by atoms with E-state index in [0.29, 0.717) is 5.56 Å². The van der Waals surface area contributed by atoms with Crippen LogP contribution in [-0.4, -0.2) is 11.5 Å². The molecule has 1 aromatic carbocycles. The summed E-state index contributed by atoms with van der Waals surface area (Å²) in [4.78, 5) is 5.84. The number of hydrogen-bond donors (Lipinski definition) is 1. The van der Waals surface area contributed by atoms with Crippen LogP contribution in [-0.2, 0) is 13.0 Å². The highest BCUT2D eigenvalue weighted by Gasteiger charge is 2.14. The largest absolute Gasteiger partial charge is 0.312 e. The molecular formula is C16H21FN2S. The molecule has 0 aliphatic rings. The summed E-state index contributed by atoms with van der Waals surface area (Å²) in [5, 5.41) is 4.18. The number of benzene rings is 1. The second-order valence-electron chi connectivity index (χ2n) is 4.90. The van der Waals surface area contributed by atoms with Crippen LogP contribution < -0.4 is 5.32 Å². The van der Waals surface area contributed by atoms with Crippen LogP contribution in [0.3, 0.4) is 0 Å². The molecule has 0 fully saturated rings. The standard InChI is InChI=1S/C16H21FN2S/c1-4-8-18-10-15-14(5-2)19-16(20-15)12-9-11(3)6-7-13(12)17/h6-7,9,18H,4-5,8,10H2,1-3H3. The number of halogens is 1. The molecule has 0 aliphatic carbocycles. The summed E-state index contributed by atoms with van der Waals surface area (Å²) in [5.74, 6) is -0.194. The van der Waals surface area contributed by atoms with Crippen LogP contribution in [0.5, 0.6) is 0 Å². The summed E-state index contributed by atoms with van der Waals surface area (Å²) in [5.41, 5.74) is 2.75. The van der Waals surface area contributed by atoms with E-state index in [0.717, 1.165) is 42.2 Å². The molecule has 0 spiro atoms. The minimum absolute atomic E-state index is 0.194. The molecule has 2 nitrogen and oxygen atoms in total. The van der Waals surface area contributed by atoms with E-state index < -0.39 is 0 Å². The van der Waals surface area contributed by atoms with E-state index in [9.17, 15) is 4.39 Å². The van der Waals surface area contributed by atoms with Gasteiger partial charge in [-0.15, -0.1) is 11.3 Å². The molecule has 0 bridgehead atoms. The first kappa shape index (κ1) is 15.1. The number of rotatable bonds is 6. The number of hydrogen-bond acceptors (Lipinski definition) is 3. The fourth-order valence-corrected chi connectivity index (χ4v) is 3.23. The first-order valence-corrected chi connectivity index (χ1v) is 7.93. The Hall–Kier alpha value is -1.26. The Labute approximate surface area is 124 Å². The molecule has 1 aromatic heterocycles. The van der Waals surface area contributed by atoms with Crippen molar-refractivity contribution >= 4 is 11.3 Å². The monoisotopic (exact) mass is 292 g/mol. The minimum Gasteiger partial charge on any atom is -0.312 e. The van der Waals surface area contributed by atoms with Crippen molar-refractivity contribution in [2.75, 3.05) is 6.54 Å². The third-order valence-electron chi connectivity index (χ3n) is 3.18. The Kier molecular flexibility index (Phi) is 5.26. The van der Waals surface area contributed by atoms with Crippen LogP contribution >= 0.6 is 11.3 Å². The minimum atomic E-state index is -0.194. The summed E-state index contributed by atoms with van der Waals surface area (Å²) in [7, 11) is 0. The Morgan fingerprint density at radius 1 is 1.30 bits per heavy atom. The van der Waals surface area contributed by atoms with Gasteiger partial charge in [0.15, 0.2) is 0 Å². The lowest BCUT2D eigenvalue weighted by Crippen LogP contribution is -2.13. The first-order valence-electron chi connectivity index (χ1n) is 7.11. The van der Waals surface area contributed by atoms with Crippen molar-refractivity contribution < 1.29 is 4.39 Å². The zero-order valence-corrected chi connectivity index (χ0v) is 13.1. The third kappa shape index (κ3) is 3.44. The van der Waals surface area contributed by atoms with E-state index in [4.69, 9.17) is 0 Å². The molecule has 108 valence electrons. The van der Waals surface area contributed by atoms with Gasteiger partial charge in [0.1, 0.15) is 10.8 Å². The van der Waals surface area contributed by atoms with Crippen LogP contribution in [0.2, 0.25) is 0 Å². The average molecular weight is 292 g/mol. The lowest BCUT2D eigenvalue weighted by molar-refractivity contribution is 0.630. The summed E-state index contributed by atoms with van der Waals surface area (Å²) in [6.45, 7) is 8.03. The van der Waals surface area contributed by atoms with Gasteiger partial charge in [0.2, 0.25) is 0 Å². The van der Waals surface area contributed by atoms with Gasteiger partial charge in [-0.3, -0.25) is 0 Å². The molecule has 0 saturated carbocycles. The molecule has 1 heterocycles. The second-order valence-corrected chi connectivity index (χ2v) is 5.99. The molecule has 2 aromatic rings. The van der Waals surface area contributed by atoms with Crippen molar-refractivity contribution in [1.29, 1.82) is 0 Å². The van der Waals surface area contributed by atoms with Gasteiger partial charge < -0.3 is 5.32 Å². The highest BCUT2D eigenvalue weighted by molar-refractivity contribution is 7.15. The van der Waals surface area contributed by atoms with Crippen LogP contribution in [0.25, 0.3) is 10.6 Å². The summed E-state index contributed by atoms with van der Waals surface area (Å²) in [6, 6.07) is 5.18. The smallest absolute Gasteiger partial charge is 0.133 e. The maximum absolute atomic E-state index is 14.0. The average Bonchev–Trinajstić information content (AvgIpc) is 2.85. The number of thiazole rings is 1. The van der Waals surface area contributed by atoms with Crippen molar-refractivity contribution in [3.63, 3.8) is 0 Å². The molecule has 1 N–H and O–H groups in total. The summed E-state index contributed by atoms with van der Waals surface area (Å²) >= 11 is 1.60. The molecular weight excluding hydrogens is 271 g/mol. The Bertz CT molecular complexity index is 578. The molecule has 0 amide bonds. The highest BCUT2D eigenvalue weighted by atomic mass is 32.1. The van der Waals surface area contributed by atoms with Gasteiger partial charge in [0.25, 0.3) is 0 Å². The van der Waals surface area contributed by atoms with Crippen LogP contribution in [0.4, 0.5) is 4.39 Å². The van der Waals surface area contributed by atoms with Gasteiger partial charge in [-0.05, 0) is 38.4 Å². The lowest BCUT2D eigenvalue weighted by Gasteiger charge is -2.01. The van der Waals surface area contributed by atoms with Gasteiger partial charge in [-0.2, -0.15) is 0 Å². The fourth-order valence-electron chi connectivity index (χ4n) is 2.09. The summed E-state index contributed by atoms with van der Waals surface area (Å²) in [6.07, 6.45) is 1.99. The zero-order chi connectivity index (χ0) is 14.5. The molecule has 0 saturated heterocycles. The summed E-state index contributed by atoms with van der Waals surface area (Å²) < 4.78 is 14.0. The predicted octanol–water partition coefficient (Wildman–Crippen LogP) is 4.32. The van der Waals surface area contributed by atoms with E-state index in [2.05, 4.69) is 24.1 Å². The molecule has 0 radical (unpaired) electrons. The van der Waals surface area contributed by atoms with Crippen molar-refractivity contribution in [2.45, 2.75) is 40.2 Å². The van der Waals surface area contributed by atoms with E-state index in [1.54, 1.807) is 17.4 Å². The molecule has 0 atom stereocenters. The molecule has 0 unspecified atom stereocenters. The third-order valence-corrected chi connectivity index (χ3v) is 4.31. The van der Waals surface area contributed by atoms with Gasteiger partial charge in [0, 0.05) is 17.0 Å². The lowest BCUT2D eigenvalue weighted by atomic mass is 10.1. The van der Waals surface area contributed by atoms with Gasteiger partial charge in [-0.25, -0.2) is 9.37 Å². The molecule has 2 rings (SSSR count). The van der Waals surface area contributed by atoms with Crippen molar-refractivity contribution in [3.05, 3.63) is 40.2 Å². The SMILES string of the molecule is CCCNCc1sc(-c2cc(C)ccc2F)nc1CC. The van der Waals surface area contributed by atoms with E-state index in [1.807, 2.05) is 13.0 Å². The van der Waals surface area contributed by atoms with Crippen LogP contribution in [0.1, 0.15) is 36.4 Å².